The number of rotatable bonds is 18. The SMILES string of the molecule is COc1cc(NCOc2cc(NNc3cc4c5c(c3)CCCN5CCC4)c(F)cc2N)ccc1C(=O)Oc1ccc(C(=O)Oc2cc(OC)c(/C=C/c3ccc(N=O)cc3)c(OC)c2)c(OC)c1. The molecule has 0 aliphatic carbocycles. The van der Waals surface area contributed by atoms with Crippen molar-refractivity contribution in [2.45, 2.75) is 25.7 Å². The molecule has 2 heterocycles. The van der Waals surface area contributed by atoms with E-state index < -0.39 is 17.8 Å². The van der Waals surface area contributed by atoms with Crippen LogP contribution in [-0.2, 0) is 12.8 Å². The van der Waals surface area contributed by atoms with Crippen LogP contribution in [0.25, 0.3) is 12.2 Å². The quantitative estimate of drug-likeness (QED) is 0.0121. The molecule has 2 aliphatic heterocycles. The molecule has 6 aromatic rings. The lowest BCUT2D eigenvalue weighted by Gasteiger charge is -2.37. The van der Waals surface area contributed by atoms with Crippen LogP contribution in [0.3, 0.4) is 0 Å². The number of methoxy groups -OCH3 is 4. The van der Waals surface area contributed by atoms with Crippen molar-refractivity contribution < 1.29 is 47.1 Å². The van der Waals surface area contributed by atoms with Crippen LogP contribution >= 0.6 is 0 Å². The van der Waals surface area contributed by atoms with Crippen LogP contribution in [0.1, 0.15) is 55.8 Å². The molecule has 0 fully saturated rings. The molecule has 6 aromatic carbocycles. The Kier molecular flexibility index (Phi) is 14.1. The van der Waals surface area contributed by atoms with Crippen LogP contribution in [0.2, 0.25) is 0 Å². The molecule has 0 saturated heterocycles. The predicted octanol–water partition coefficient (Wildman–Crippen LogP) is 10.0. The number of hydrogen-bond donors (Lipinski definition) is 4. The van der Waals surface area contributed by atoms with E-state index in [9.17, 15) is 14.5 Å². The van der Waals surface area contributed by atoms with E-state index in [2.05, 4.69) is 38.4 Å². The van der Waals surface area contributed by atoms with Crippen LogP contribution in [0.4, 0.5) is 38.5 Å². The maximum atomic E-state index is 15.1. The van der Waals surface area contributed by atoms with Crippen molar-refractivity contribution in [2.24, 2.45) is 5.18 Å². The Morgan fingerprint density at radius 1 is 0.676 bits per heavy atom. The minimum atomic E-state index is -0.762. The van der Waals surface area contributed by atoms with Gasteiger partial charge in [-0.25, -0.2) is 14.0 Å². The van der Waals surface area contributed by atoms with Crippen LogP contribution in [-0.4, -0.2) is 60.2 Å². The first-order valence-electron chi connectivity index (χ1n) is 21.6. The van der Waals surface area contributed by atoms with E-state index in [0.29, 0.717) is 28.4 Å². The standard InChI is InChI=1S/C51H49FN6O10/c1-62-44-23-34(54-29-66-48-28-43(41(52)27-42(48)53)56-55-35-21-31-7-5-19-58-20-6-8-32(22-35)49(31)58)14-17-39(44)50(59)67-36-15-18-40(47(24-36)65-4)51(60)68-37-25-45(63-2)38(46(26-37)64-3)16-11-30-9-12-33(57-61)13-10-30/h9-18,21-28,54-56H,5-8,19-20,29,53H2,1-4H3/b16-11+. The zero-order chi connectivity index (χ0) is 47.7. The van der Waals surface area contributed by atoms with Gasteiger partial charge in [0.1, 0.15) is 62.9 Å². The molecule has 0 unspecified atom stereocenters. The number of anilines is 5. The van der Waals surface area contributed by atoms with Gasteiger partial charge < -0.3 is 54.5 Å². The lowest BCUT2D eigenvalue weighted by molar-refractivity contribution is 0.0727. The number of nitroso groups, excluding NO2 is 1. The van der Waals surface area contributed by atoms with Gasteiger partial charge in [0.2, 0.25) is 0 Å². The molecule has 0 radical (unpaired) electrons. The molecular weight excluding hydrogens is 876 g/mol. The zero-order valence-corrected chi connectivity index (χ0v) is 37.8. The van der Waals surface area contributed by atoms with Gasteiger partial charge in [-0.2, -0.15) is 0 Å². The van der Waals surface area contributed by atoms with Crippen molar-refractivity contribution in [1.29, 1.82) is 0 Å². The molecule has 2 aliphatic rings. The Morgan fingerprint density at radius 2 is 1.28 bits per heavy atom. The fourth-order valence-corrected chi connectivity index (χ4v) is 8.16. The summed E-state index contributed by atoms with van der Waals surface area (Å²) in [4.78, 5) is 40.1. The van der Waals surface area contributed by atoms with Gasteiger partial charge in [-0.3, -0.25) is 5.43 Å². The van der Waals surface area contributed by atoms with Crippen LogP contribution in [0, 0.1) is 10.7 Å². The Hall–Kier alpha value is -8.47. The second-order valence-electron chi connectivity index (χ2n) is 15.7. The summed E-state index contributed by atoms with van der Waals surface area (Å²) in [6.45, 7) is 2.11. The van der Waals surface area contributed by atoms with Gasteiger partial charge in [0.05, 0.1) is 51.1 Å². The molecule has 0 saturated carbocycles. The van der Waals surface area contributed by atoms with E-state index in [1.807, 2.05) is 0 Å². The summed E-state index contributed by atoms with van der Waals surface area (Å²) in [6, 6.07) is 25.6. The summed E-state index contributed by atoms with van der Waals surface area (Å²) in [5, 5.41) is 6.02. The predicted molar refractivity (Wildman–Crippen MR) is 259 cm³/mol. The number of aryl methyl sites for hydroxylation is 2. The number of hydrogen-bond acceptors (Lipinski definition) is 16. The molecule has 8 rings (SSSR count). The van der Waals surface area contributed by atoms with E-state index in [1.54, 1.807) is 48.6 Å². The van der Waals surface area contributed by atoms with Gasteiger partial charge in [0, 0.05) is 60.9 Å². The smallest absolute Gasteiger partial charge is 0.347 e. The number of nitrogens with zero attached hydrogens (tertiary/aromatic N) is 2. The highest BCUT2D eigenvalue weighted by atomic mass is 19.1. The van der Waals surface area contributed by atoms with Crippen LogP contribution in [0.5, 0.6) is 40.2 Å². The largest absolute Gasteiger partial charge is 0.496 e. The third kappa shape index (κ3) is 10.3. The number of carbonyl (C=O) groups is 2. The zero-order valence-electron chi connectivity index (χ0n) is 37.8. The lowest BCUT2D eigenvalue weighted by atomic mass is 9.91. The number of nitrogens with two attached hydrogens (primary N) is 1. The van der Waals surface area contributed by atoms with Gasteiger partial charge in [0.25, 0.3) is 0 Å². The molecule has 17 heteroatoms. The first kappa shape index (κ1) is 46.1. The minimum Gasteiger partial charge on any atom is -0.496 e. The number of esters is 2. The van der Waals surface area contributed by atoms with Gasteiger partial charge >= 0.3 is 11.9 Å². The first-order valence-corrected chi connectivity index (χ1v) is 21.6. The fraction of sp³-hybridized carbons (Fsp3) is 0.216. The summed E-state index contributed by atoms with van der Waals surface area (Å²) >= 11 is 0. The monoisotopic (exact) mass is 924 g/mol. The molecule has 0 aromatic heterocycles. The highest BCUT2D eigenvalue weighted by Crippen LogP contribution is 2.39. The van der Waals surface area contributed by atoms with Crippen molar-refractivity contribution in [3.63, 3.8) is 0 Å². The molecule has 5 N–H and O–H groups in total. The minimum absolute atomic E-state index is 0.0511. The van der Waals surface area contributed by atoms with Crippen molar-refractivity contribution in [3.05, 3.63) is 141 Å². The Morgan fingerprint density at radius 3 is 1.91 bits per heavy atom. The van der Waals surface area contributed by atoms with Crippen molar-refractivity contribution >= 4 is 58.2 Å². The molecule has 0 amide bonds. The number of benzene rings is 6. The summed E-state index contributed by atoms with van der Waals surface area (Å²) in [5.41, 5.74) is 19.8. The number of halogens is 1. The number of nitrogen functional groups attached to an aromatic ring is 1. The number of hydrazine groups is 1. The fourth-order valence-electron chi connectivity index (χ4n) is 8.16. The third-order valence-electron chi connectivity index (χ3n) is 11.5. The Bertz CT molecular complexity index is 2840. The molecule has 68 heavy (non-hydrogen) atoms. The van der Waals surface area contributed by atoms with Crippen molar-refractivity contribution in [3.8, 4) is 40.2 Å². The van der Waals surface area contributed by atoms with Gasteiger partial charge in [-0.1, -0.05) is 18.2 Å². The molecule has 0 spiro atoms. The Balaban J connectivity index is 0.878. The maximum absolute atomic E-state index is 15.1. The van der Waals surface area contributed by atoms with Crippen LogP contribution < -0.4 is 60.0 Å². The van der Waals surface area contributed by atoms with E-state index >= 15 is 4.39 Å². The summed E-state index contributed by atoms with van der Waals surface area (Å²) in [6.07, 6.45) is 7.81. The highest BCUT2D eigenvalue weighted by Gasteiger charge is 2.25. The van der Waals surface area contributed by atoms with Crippen molar-refractivity contribution in [2.75, 3.05) is 75.1 Å². The second kappa shape index (κ2) is 20.8. The molecule has 350 valence electrons. The Labute approximate surface area is 391 Å². The summed E-state index contributed by atoms with van der Waals surface area (Å²) in [7, 11) is 5.72. The van der Waals surface area contributed by atoms with Gasteiger partial charge in [0.15, 0.2) is 6.73 Å². The lowest BCUT2D eigenvalue weighted by Crippen LogP contribution is -2.34. The number of carbonyl (C=O) groups excluding carboxylic acids is 2. The number of nitrogens with one attached hydrogen (secondary N) is 3. The summed E-state index contributed by atoms with van der Waals surface area (Å²) in [5.74, 6) is -0.570. The molecule has 0 bridgehead atoms. The van der Waals surface area contributed by atoms with E-state index in [0.717, 1.165) is 50.0 Å². The van der Waals surface area contributed by atoms with E-state index in [-0.39, 0.29) is 58.0 Å². The number of ether oxygens (including phenoxy) is 7. The highest BCUT2D eigenvalue weighted by molar-refractivity contribution is 5.96. The van der Waals surface area contributed by atoms with Crippen LogP contribution in [0.15, 0.2) is 102 Å². The average Bonchev–Trinajstić information content (AvgIpc) is 3.36. The first-order chi connectivity index (χ1) is 33.1. The normalized spacial score (nSPS) is 12.6. The van der Waals surface area contributed by atoms with Gasteiger partial charge in [-0.15, -0.1) is 4.91 Å². The second-order valence-corrected chi connectivity index (χ2v) is 15.7. The molecular formula is C51H49FN6O10. The van der Waals surface area contributed by atoms with E-state index in [1.165, 1.54) is 93.8 Å². The van der Waals surface area contributed by atoms with Crippen molar-refractivity contribution in [1.82, 2.24) is 0 Å². The summed E-state index contributed by atoms with van der Waals surface area (Å²) < 4.78 is 54.5. The topological polar surface area (TPSA) is 194 Å². The third-order valence-corrected chi connectivity index (χ3v) is 11.5. The average molecular weight is 925 g/mol. The molecule has 0 atom stereocenters. The van der Waals surface area contributed by atoms with Gasteiger partial charge in [-0.05, 0) is 102 Å². The molecule has 16 nitrogen and oxygen atoms in total. The maximum Gasteiger partial charge on any atom is 0.347 e. The van der Waals surface area contributed by atoms with E-state index in [4.69, 9.17) is 38.9 Å².